The topological polar surface area (TPSA) is 67.3 Å². The van der Waals surface area contributed by atoms with Crippen LogP contribution < -0.4 is 15.0 Å². The molecule has 3 heterocycles. The average molecular weight is 430 g/mol. The smallest absolute Gasteiger partial charge is 0.282 e. The van der Waals surface area contributed by atoms with E-state index in [-0.39, 0.29) is 11.6 Å². The lowest BCUT2D eigenvalue weighted by molar-refractivity contribution is -0.0263. The number of aryl methyl sites for hydroxylation is 2. The molecule has 0 bridgehead atoms. The fraction of sp³-hybridized carbons (Fsp3) is 0.522. The molecule has 0 unspecified atom stereocenters. The van der Waals surface area contributed by atoms with E-state index < -0.39 is 19.0 Å². The summed E-state index contributed by atoms with van der Waals surface area (Å²) in [5, 5.41) is 2.88. The van der Waals surface area contributed by atoms with E-state index in [2.05, 4.69) is 15.3 Å². The number of amides is 1. The van der Waals surface area contributed by atoms with Crippen molar-refractivity contribution in [3.63, 3.8) is 0 Å². The van der Waals surface area contributed by atoms with E-state index in [1.54, 1.807) is 18.3 Å². The maximum atomic E-state index is 13.4. The summed E-state index contributed by atoms with van der Waals surface area (Å²) in [4.78, 5) is 23.0. The molecule has 166 valence electrons. The predicted molar refractivity (Wildman–Crippen MR) is 114 cm³/mol. The van der Waals surface area contributed by atoms with Crippen molar-refractivity contribution < 1.29 is 18.3 Å². The number of ether oxygens (including phenoxy) is 1. The van der Waals surface area contributed by atoms with Crippen LogP contribution in [0.25, 0.3) is 0 Å². The first-order valence-corrected chi connectivity index (χ1v) is 10.9. The van der Waals surface area contributed by atoms with E-state index in [0.717, 1.165) is 43.4 Å². The number of nitrogens with zero attached hydrogens (tertiary/aromatic N) is 3. The molecule has 1 saturated heterocycles. The Kier molecular flexibility index (Phi) is 6.34. The molecule has 0 atom stereocenters. The van der Waals surface area contributed by atoms with Crippen LogP contribution in [0.15, 0.2) is 30.5 Å². The van der Waals surface area contributed by atoms with E-state index >= 15 is 0 Å². The van der Waals surface area contributed by atoms with Gasteiger partial charge in [0.2, 0.25) is 5.88 Å². The number of pyridine rings is 2. The molecule has 4 rings (SSSR count). The van der Waals surface area contributed by atoms with Gasteiger partial charge in [0.25, 0.3) is 11.8 Å². The zero-order valence-corrected chi connectivity index (χ0v) is 17.7. The van der Waals surface area contributed by atoms with Crippen LogP contribution in [0.1, 0.15) is 47.4 Å². The number of unbranched alkanes of at least 4 members (excludes halogenated alkanes) is 1. The van der Waals surface area contributed by atoms with Crippen molar-refractivity contribution in [2.45, 2.75) is 45.0 Å². The van der Waals surface area contributed by atoms with Crippen LogP contribution in [0.4, 0.5) is 14.5 Å². The number of anilines is 1. The Morgan fingerprint density at radius 2 is 2.06 bits per heavy atom. The summed E-state index contributed by atoms with van der Waals surface area (Å²) in [5.41, 5.74) is 2.79. The molecule has 1 N–H and O–H groups in total. The summed E-state index contributed by atoms with van der Waals surface area (Å²) in [6.45, 7) is 2.29. The molecule has 0 radical (unpaired) electrons. The summed E-state index contributed by atoms with van der Waals surface area (Å²) in [5.74, 6) is -2.18. The zero-order chi connectivity index (χ0) is 21.8. The van der Waals surface area contributed by atoms with E-state index in [0.29, 0.717) is 30.6 Å². The van der Waals surface area contributed by atoms with Gasteiger partial charge >= 0.3 is 0 Å². The summed E-state index contributed by atoms with van der Waals surface area (Å²) in [6, 6.07) is 7.26. The Hall–Kier alpha value is -2.77. The monoisotopic (exact) mass is 430 g/mol. The molecule has 1 aliphatic carbocycles. The van der Waals surface area contributed by atoms with Crippen LogP contribution in [0.3, 0.4) is 0 Å². The molecule has 2 aliphatic rings. The van der Waals surface area contributed by atoms with Crippen molar-refractivity contribution in [3.05, 3.63) is 47.4 Å². The van der Waals surface area contributed by atoms with E-state index in [1.807, 2.05) is 19.1 Å². The van der Waals surface area contributed by atoms with Crippen LogP contribution in [0.2, 0.25) is 0 Å². The van der Waals surface area contributed by atoms with Crippen LogP contribution in [0.5, 0.6) is 5.88 Å². The molecule has 1 aliphatic heterocycles. The van der Waals surface area contributed by atoms with Gasteiger partial charge in [0.1, 0.15) is 0 Å². The number of carbonyl (C=O) groups is 1. The minimum atomic E-state index is -2.72. The quantitative estimate of drug-likeness (QED) is 0.581. The first-order chi connectivity index (χ1) is 14.9. The van der Waals surface area contributed by atoms with Gasteiger partial charge in [0, 0.05) is 24.5 Å². The number of hydrogen-bond donors (Lipinski definition) is 1. The third-order valence-corrected chi connectivity index (χ3v) is 5.66. The number of carbonyl (C=O) groups excluding carboxylic acids is 1. The molecular weight excluding hydrogens is 402 g/mol. The van der Waals surface area contributed by atoms with E-state index in [4.69, 9.17) is 4.74 Å². The van der Waals surface area contributed by atoms with Crippen LogP contribution in [-0.2, 0) is 6.42 Å². The van der Waals surface area contributed by atoms with Gasteiger partial charge in [0.05, 0.1) is 25.4 Å². The summed E-state index contributed by atoms with van der Waals surface area (Å²) in [6.07, 6.45) is 6.60. The number of nitrogens with one attached hydrogen (secondary N) is 1. The Balaban J connectivity index is 1.34. The first-order valence-electron chi connectivity index (χ1n) is 10.9. The molecule has 8 heteroatoms. The Morgan fingerprint density at radius 1 is 1.26 bits per heavy atom. The van der Waals surface area contributed by atoms with Crippen LogP contribution in [-0.4, -0.2) is 48.0 Å². The van der Waals surface area contributed by atoms with Crippen molar-refractivity contribution in [1.82, 2.24) is 15.3 Å². The minimum absolute atomic E-state index is 0.143. The highest BCUT2D eigenvalue weighted by Gasteiger charge is 2.45. The summed E-state index contributed by atoms with van der Waals surface area (Å²) in [7, 11) is 0. The molecule has 2 aromatic heterocycles. The molecule has 1 saturated carbocycles. The largest absolute Gasteiger partial charge is 0.477 e. The van der Waals surface area contributed by atoms with Crippen molar-refractivity contribution in [2.24, 2.45) is 5.92 Å². The van der Waals surface area contributed by atoms with Crippen LogP contribution >= 0.6 is 0 Å². The second-order valence-corrected chi connectivity index (χ2v) is 8.46. The van der Waals surface area contributed by atoms with Gasteiger partial charge in [0.15, 0.2) is 5.69 Å². The van der Waals surface area contributed by atoms with Crippen molar-refractivity contribution in [2.75, 3.05) is 31.1 Å². The number of hydrogen-bond acceptors (Lipinski definition) is 5. The number of halogens is 2. The molecule has 6 nitrogen and oxygen atoms in total. The minimum Gasteiger partial charge on any atom is -0.477 e. The average Bonchev–Trinajstić information content (AvgIpc) is 3.56. The Morgan fingerprint density at radius 3 is 2.77 bits per heavy atom. The highest BCUT2D eigenvalue weighted by atomic mass is 19.3. The van der Waals surface area contributed by atoms with Gasteiger partial charge in [-0.3, -0.25) is 9.78 Å². The predicted octanol–water partition coefficient (Wildman–Crippen LogP) is 3.78. The molecule has 2 aromatic rings. The summed E-state index contributed by atoms with van der Waals surface area (Å²) >= 11 is 0. The van der Waals surface area contributed by atoms with Gasteiger partial charge in [-0.25, -0.2) is 13.8 Å². The maximum Gasteiger partial charge on any atom is 0.282 e. The third kappa shape index (κ3) is 5.68. The third-order valence-electron chi connectivity index (χ3n) is 5.66. The standard InChI is InChI=1S/C23H28F2N4O2/c1-16-5-4-12-26-18(16)6-2-3-11-27-22(30)21-19(29-14-23(24,25)15-29)9-10-20(28-21)31-13-17-7-8-17/h4-5,9-10,12,17H,2-3,6-8,11,13-15H2,1H3,(H,27,30). The summed E-state index contributed by atoms with van der Waals surface area (Å²) < 4.78 is 32.4. The number of aromatic nitrogens is 2. The fourth-order valence-corrected chi connectivity index (χ4v) is 3.59. The maximum absolute atomic E-state index is 13.4. The highest BCUT2D eigenvalue weighted by molar-refractivity contribution is 5.98. The molecule has 1 amide bonds. The Labute approximate surface area is 181 Å². The zero-order valence-electron chi connectivity index (χ0n) is 17.7. The molecule has 2 fully saturated rings. The molecular formula is C23H28F2N4O2. The lowest BCUT2D eigenvalue weighted by atomic mass is 10.1. The SMILES string of the molecule is Cc1cccnc1CCCCNC(=O)c1nc(OCC2CC2)ccc1N1CC(F)(F)C1. The fourth-order valence-electron chi connectivity index (χ4n) is 3.59. The second kappa shape index (κ2) is 9.16. The van der Waals surface area contributed by atoms with Gasteiger partial charge in [-0.1, -0.05) is 6.07 Å². The van der Waals surface area contributed by atoms with Gasteiger partial charge in [-0.15, -0.1) is 0 Å². The second-order valence-electron chi connectivity index (χ2n) is 8.46. The number of alkyl halides is 2. The van der Waals surface area contributed by atoms with Crippen molar-refractivity contribution in [1.29, 1.82) is 0 Å². The molecule has 0 spiro atoms. The lowest BCUT2D eigenvalue weighted by Crippen LogP contribution is -2.57. The van der Waals surface area contributed by atoms with E-state index in [9.17, 15) is 13.6 Å². The van der Waals surface area contributed by atoms with Crippen molar-refractivity contribution >= 4 is 11.6 Å². The van der Waals surface area contributed by atoms with Gasteiger partial charge in [-0.2, -0.15) is 0 Å². The van der Waals surface area contributed by atoms with Gasteiger partial charge in [-0.05, 0) is 62.6 Å². The molecule has 31 heavy (non-hydrogen) atoms. The normalized spacial score (nSPS) is 17.2. The highest BCUT2D eigenvalue weighted by Crippen LogP contribution is 2.34. The first kappa shape index (κ1) is 21.5. The Bertz CT molecular complexity index is 926. The number of rotatable bonds is 10. The van der Waals surface area contributed by atoms with Crippen LogP contribution in [0, 0.1) is 12.8 Å². The van der Waals surface area contributed by atoms with E-state index in [1.165, 1.54) is 4.90 Å². The van der Waals surface area contributed by atoms with Crippen molar-refractivity contribution in [3.8, 4) is 5.88 Å². The van der Waals surface area contributed by atoms with Gasteiger partial charge < -0.3 is 15.0 Å². The lowest BCUT2D eigenvalue weighted by Gasteiger charge is -2.40. The molecule has 0 aromatic carbocycles.